The lowest BCUT2D eigenvalue weighted by atomic mass is 10.1. The molecule has 1 saturated heterocycles. The number of benzene rings is 3. The number of nitrogens with zero attached hydrogens (tertiary/aromatic N) is 5. The second kappa shape index (κ2) is 11.3. The number of aromatic nitrogens is 1. The van der Waals surface area contributed by atoms with Crippen LogP contribution in [0.1, 0.15) is 30.9 Å². The molecule has 3 aromatic carbocycles. The average molecular weight is 534 g/mol. The van der Waals surface area contributed by atoms with Gasteiger partial charge in [-0.1, -0.05) is 24.3 Å². The molecule has 4 aromatic rings. The molecule has 6 rings (SSSR count). The summed E-state index contributed by atoms with van der Waals surface area (Å²) in [6.45, 7) is 6.10. The highest BCUT2D eigenvalue weighted by Gasteiger charge is 2.25. The molecule has 0 unspecified atom stereocenters. The Balaban J connectivity index is 1.27. The normalized spacial score (nSPS) is 17.4. The first-order chi connectivity index (χ1) is 19.6. The van der Waals surface area contributed by atoms with Gasteiger partial charge in [0.1, 0.15) is 0 Å². The molecule has 8 heteroatoms. The van der Waals surface area contributed by atoms with E-state index in [0.717, 1.165) is 49.2 Å². The molecule has 8 nitrogen and oxygen atoms in total. The number of allylic oxidation sites excluding steroid dienone is 2. The maximum Gasteiger partial charge on any atom is 0.269 e. The van der Waals surface area contributed by atoms with Gasteiger partial charge in [0, 0.05) is 59.3 Å². The van der Waals surface area contributed by atoms with Gasteiger partial charge in [-0.2, -0.15) is 10.2 Å². The second-order valence-electron chi connectivity index (χ2n) is 10.0. The number of hydrogen-bond acceptors (Lipinski definition) is 6. The zero-order valence-electron chi connectivity index (χ0n) is 22.5. The lowest BCUT2D eigenvalue weighted by Crippen LogP contribution is -2.36. The fourth-order valence-electron chi connectivity index (χ4n) is 5.76. The van der Waals surface area contributed by atoms with Crippen LogP contribution in [-0.4, -0.2) is 53.1 Å². The molecule has 0 spiro atoms. The van der Waals surface area contributed by atoms with E-state index >= 15 is 0 Å². The molecule has 0 atom stereocenters. The lowest BCUT2D eigenvalue weighted by molar-refractivity contribution is -0.384. The van der Waals surface area contributed by atoms with E-state index in [0.29, 0.717) is 13.2 Å². The highest BCUT2D eigenvalue weighted by Crippen LogP contribution is 2.35. The van der Waals surface area contributed by atoms with Crippen LogP contribution in [0.4, 0.5) is 5.69 Å². The fraction of sp³-hybridized carbons (Fsp3) is 0.250. The summed E-state index contributed by atoms with van der Waals surface area (Å²) in [5, 5.41) is 22.4. The molecule has 2 heterocycles. The standard InChI is InChI=1S/C32H31N5O3/c1-2-36-30-6-4-3-5-28(30)29-20-24(9-14-31(29)36)21-33-34-22-26-11-10-25(32(26)35-15-17-40-18-16-35)19-23-7-12-27(13-8-23)37(38)39/h3-9,12-14,19-22H,2,10-11,15-18H2,1H3/b25-19+,33-21-,34-22-. The third-order valence-corrected chi connectivity index (χ3v) is 7.64. The van der Waals surface area contributed by atoms with Crippen LogP contribution in [0.5, 0.6) is 0 Å². The van der Waals surface area contributed by atoms with Crippen molar-refractivity contribution in [2.45, 2.75) is 26.3 Å². The maximum atomic E-state index is 11.0. The number of nitro groups is 1. The molecule has 1 aromatic heterocycles. The molecule has 0 N–H and O–H groups in total. The first-order valence-electron chi connectivity index (χ1n) is 13.7. The topological polar surface area (TPSA) is 85.3 Å². The van der Waals surface area contributed by atoms with Gasteiger partial charge in [-0.05, 0) is 78.4 Å². The van der Waals surface area contributed by atoms with Gasteiger partial charge < -0.3 is 14.2 Å². The largest absolute Gasteiger partial charge is 0.378 e. The lowest BCUT2D eigenvalue weighted by Gasteiger charge is -2.31. The van der Waals surface area contributed by atoms with Crippen LogP contribution in [0.2, 0.25) is 0 Å². The van der Waals surface area contributed by atoms with Crippen molar-refractivity contribution in [2.24, 2.45) is 10.2 Å². The Kier molecular flexibility index (Phi) is 7.25. The van der Waals surface area contributed by atoms with Crippen molar-refractivity contribution >= 4 is 46.0 Å². The molecule has 1 fully saturated rings. The smallest absolute Gasteiger partial charge is 0.269 e. The predicted molar refractivity (Wildman–Crippen MR) is 161 cm³/mol. The summed E-state index contributed by atoms with van der Waals surface area (Å²) in [7, 11) is 0. The summed E-state index contributed by atoms with van der Waals surface area (Å²) in [5.74, 6) is 0. The highest BCUT2D eigenvalue weighted by atomic mass is 16.6. The van der Waals surface area contributed by atoms with E-state index in [1.807, 2.05) is 12.4 Å². The van der Waals surface area contributed by atoms with E-state index in [4.69, 9.17) is 4.74 Å². The number of morpholine rings is 1. The van der Waals surface area contributed by atoms with Gasteiger partial charge in [-0.15, -0.1) is 0 Å². The van der Waals surface area contributed by atoms with Gasteiger partial charge >= 0.3 is 0 Å². The third-order valence-electron chi connectivity index (χ3n) is 7.64. The molecule has 1 aliphatic carbocycles. The molecule has 0 saturated carbocycles. The Morgan fingerprint density at radius 1 is 0.900 bits per heavy atom. The van der Waals surface area contributed by atoms with Crippen LogP contribution >= 0.6 is 0 Å². The number of rotatable bonds is 7. The highest BCUT2D eigenvalue weighted by molar-refractivity contribution is 6.09. The number of nitro benzene ring substituents is 1. The Morgan fingerprint density at radius 2 is 1.62 bits per heavy atom. The Labute approximate surface area is 232 Å². The molecule has 2 aliphatic rings. The van der Waals surface area contributed by atoms with Gasteiger partial charge in [0.05, 0.1) is 30.6 Å². The Morgan fingerprint density at radius 3 is 2.40 bits per heavy atom. The van der Waals surface area contributed by atoms with E-state index in [2.05, 4.69) is 75.1 Å². The SMILES string of the molecule is CCn1c2ccccc2c2cc(/C=N\N=C/C3=C(N4CCOCC4)C(=C/c4ccc([N+](=O)[O-])cc4)/CC3)ccc21. The van der Waals surface area contributed by atoms with E-state index in [-0.39, 0.29) is 10.6 Å². The van der Waals surface area contributed by atoms with E-state index in [1.165, 1.54) is 33.1 Å². The molecule has 0 radical (unpaired) electrons. The van der Waals surface area contributed by atoms with Crippen molar-refractivity contribution in [1.29, 1.82) is 0 Å². The van der Waals surface area contributed by atoms with Crippen molar-refractivity contribution < 1.29 is 9.66 Å². The van der Waals surface area contributed by atoms with Gasteiger partial charge in [-0.25, -0.2) is 0 Å². The Bertz CT molecular complexity index is 1690. The van der Waals surface area contributed by atoms with Crippen LogP contribution < -0.4 is 0 Å². The summed E-state index contributed by atoms with van der Waals surface area (Å²) < 4.78 is 7.93. The van der Waals surface area contributed by atoms with E-state index in [1.54, 1.807) is 24.3 Å². The molecular weight excluding hydrogens is 502 g/mol. The number of hydrogen-bond donors (Lipinski definition) is 0. The summed E-state index contributed by atoms with van der Waals surface area (Å²) in [5.41, 5.74) is 8.05. The summed E-state index contributed by atoms with van der Waals surface area (Å²) >= 11 is 0. The fourth-order valence-corrected chi connectivity index (χ4v) is 5.76. The monoisotopic (exact) mass is 533 g/mol. The second-order valence-corrected chi connectivity index (χ2v) is 10.0. The number of para-hydroxylation sites is 1. The van der Waals surface area contributed by atoms with E-state index in [9.17, 15) is 10.1 Å². The molecule has 0 amide bonds. The first-order valence-corrected chi connectivity index (χ1v) is 13.7. The maximum absolute atomic E-state index is 11.0. The van der Waals surface area contributed by atoms with Gasteiger partial charge in [0.25, 0.3) is 5.69 Å². The van der Waals surface area contributed by atoms with Crippen LogP contribution in [-0.2, 0) is 11.3 Å². The number of ether oxygens (including phenoxy) is 1. The average Bonchev–Trinajstić information content (AvgIpc) is 3.54. The zero-order chi connectivity index (χ0) is 27.5. The molecule has 0 bridgehead atoms. The van der Waals surface area contributed by atoms with Gasteiger partial charge in [0.2, 0.25) is 0 Å². The van der Waals surface area contributed by atoms with Crippen LogP contribution in [0.15, 0.2) is 93.8 Å². The Hall–Kier alpha value is -4.56. The molecule has 202 valence electrons. The minimum atomic E-state index is -0.373. The van der Waals surface area contributed by atoms with Crippen molar-refractivity contribution in [3.63, 3.8) is 0 Å². The minimum Gasteiger partial charge on any atom is -0.378 e. The van der Waals surface area contributed by atoms with Gasteiger partial charge in [-0.3, -0.25) is 10.1 Å². The minimum absolute atomic E-state index is 0.0958. The summed E-state index contributed by atoms with van der Waals surface area (Å²) in [4.78, 5) is 13.0. The molecule has 40 heavy (non-hydrogen) atoms. The zero-order valence-corrected chi connectivity index (χ0v) is 22.5. The van der Waals surface area contributed by atoms with Crippen LogP contribution in [0.3, 0.4) is 0 Å². The van der Waals surface area contributed by atoms with Crippen molar-refractivity contribution in [3.05, 3.63) is 105 Å². The van der Waals surface area contributed by atoms with E-state index < -0.39 is 0 Å². The molecule has 1 aliphatic heterocycles. The number of aryl methyl sites for hydroxylation is 1. The predicted octanol–water partition coefficient (Wildman–Crippen LogP) is 6.59. The first kappa shape index (κ1) is 25.7. The van der Waals surface area contributed by atoms with Crippen molar-refractivity contribution in [2.75, 3.05) is 26.3 Å². The van der Waals surface area contributed by atoms with Gasteiger partial charge in [0.15, 0.2) is 0 Å². The quantitative estimate of drug-likeness (QED) is 0.152. The summed E-state index contributed by atoms with van der Waals surface area (Å²) in [6.07, 6.45) is 7.56. The van der Waals surface area contributed by atoms with Crippen LogP contribution in [0, 0.1) is 10.1 Å². The third kappa shape index (κ3) is 5.05. The summed E-state index contributed by atoms with van der Waals surface area (Å²) in [6, 6.07) is 21.6. The number of non-ortho nitro benzene ring substituents is 1. The number of fused-ring (bicyclic) bond motifs is 3. The van der Waals surface area contributed by atoms with Crippen molar-refractivity contribution in [3.8, 4) is 0 Å². The van der Waals surface area contributed by atoms with Crippen molar-refractivity contribution in [1.82, 2.24) is 9.47 Å². The van der Waals surface area contributed by atoms with Crippen LogP contribution in [0.25, 0.3) is 27.9 Å². The molecular formula is C32H31N5O3.